The summed E-state index contributed by atoms with van der Waals surface area (Å²) in [5.74, 6) is 2.91. The minimum absolute atomic E-state index is 0.0584. The van der Waals surface area contributed by atoms with Crippen molar-refractivity contribution in [3.05, 3.63) is 17.7 Å². The normalized spacial score (nSPS) is 23.3. The Kier molecular flexibility index (Phi) is 5.40. The summed E-state index contributed by atoms with van der Waals surface area (Å²) >= 11 is 0. The number of ether oxygens (including phenoxy) is 3. The summed E-state index contributed by atoms with van der Waals surface area (Å²) in [6.07, 6.45) is 3.29. The van der Waals surface area contributed by atoms with E-state index in [0.29, 0.717) is 47.9 Å². The lowest BCUT2D eigenvalue weighted by molar-refractivity contribution is 0.0629. The minimum Gasteiger partial charge on any atom is -0.493 e. The molecular weight excluding hydrogens is 318 g/mol. The third kappa shape index (κ3) is 3.70. The highest BCUT2D eigenvalue weighted by molar-refractivity contribution is 5.96. The smallest absolute Gasteiger partial charge is 0.254 e. The van der Waals surface area contributed by atoms with Crippen LogP contribution in [0.3, 0.4) is 0 Å². The predicted molar refractivity (Wildman–Crippen MR) is 96.7 cm³/mol. The van der Waals surface area contributed by atoms with E-state index >= 15 is 0 Å². The van der Waals surface area contributed by atoms with E-state index in [0.717, 1.165) is 19.4 Å². The van der Waals surface area contributed by atoms with Gasteiger partial charge >= 0.3 is 0 Å². The first-order chi connectivity index (χ1) is 12.0. The molecule has 5 nitrogen and oxygen atoms in total. The number of carbonyl (C=O) groups excluding carboxylic acids is 1. The van der Waals surface area contributed by atoms with Gasteiger partial charge in [0.05, 0.1) is 7.11 Å². The summed E-state index contributed by atoms with van der Waals surface area (Å²) in [4.78, 5) is 15.4. The molecule has 0 aromatic heterocycles. The molecule has 2 unspecified atom stereocenters. The van der Waals surface area contributed by atoms with Gasteiger partial charge in [0.25, 0.3) is 5.91 Å². The van der Waals surface area contributed by atoms with Crippen LogP contribution in [0.15, 0.2) is 12.1 Å². The lowest BCUT2D eigenvalue weighted by atomic mass is 9.95. The van der Waals surface area contributed by atoms with Gasteiger partial charge in [-0.05, 0) is 43.2 Å². The molecule has 0 bridgehead atoms. The van der Waals surface area contributed by atoms with Crippen molar-refractivity contribution < 1.29 is 19.0 Å². The Labute approximate surface area is 150 Å². The summed E-state index contributed by atoms with van der Waals surface area (Å²) in [6, 6.07) is 3.85. The number of nitrogens with zero attached hydrogens (tertiary/aromatic N) is 1. The van der Waals surface area contributed by atoms with Gasteiger partial charge in [0.2, 0.25) is 5.75 Å². The number of likely N-dealkylation sites (tertiary alicyclic amines) is 1. The van der Waals surface area contributed by atoms with Crippen LogP contribution < -0.4 is 14.2 Å². The molecule has 1 amide bonds. The average Bonchev–Trinajstić information content (AvgIpc) is 2.82. The standard InChI is InChI=1S/C20H29NO4/c1-13(2)16-6-5-14(3)7-8-21(16)20(22)15-11-17(23-4)19-18(12-15)24-9-10-25-19/h11-14,16H,5-10H2,1-4H3. The molecule has 0 radical (unpaired) electrons. The molecule has 3 rings (SSSR count). The molecule has 1 aromatic carbocycles. The molecule has 0 spiro atoms. The number of hydrogen-bond donors (Lipinski definition) is 0. The van der Waals surface area contributed by atoms with Crippen molar-refractivity contribution >= 4 is 5.91 Å². The maximum Gasteiger partial charge on any atom is 0.254 e. The van der Waals surface area contributed by atoms with E-state index in [1.807, 2.05) is 0 Å². The van der Waals surface area contributed by atoms with Crippen LogP contribution in [-0.4, -0.2) is 43.7 Å². The van der Waals surface area contributed by atoms with Gasteiger partial charge in [-0.2, -0.15) is 0 Å². The Balaban J connectivity index is 1.93. The van der Waals surface area contributed by atoms with Gasteiger partial charge in [0.15, 0.2) is 11.5 Å². The number of methoxy groups -OCH3 is 1. The first kappa shape index (κ1) is 17.9. The molecule has 0 N–H and O–H groups in total. The van der Waals surface area contributed by atoms with Gasteiger partial charge in [0.1, 0.15) is 13.2 Å². The van der Waals surface area contributed by atoms with Gasteiger partial charge in [0, 0.05) is 18.2 Å². The zero-order chi connectivity index (χ0) is 18.0. The average molecular weight is 347 g/mol. The van der Waals surface area contributed by atoms with Crippen LogP contribution in [0.25, 0.3) is 0 Å². The highest BCUT2D eigenvalue weighted by Crippen LogP contribution is 2.41. The van der Waals surface area contributed by atoms with Crippen LogP contribution in [0.4, 0.5) is 0 Å². The Morgan fingerprint density at radius 2 is 1.96 bits per heavy atom. The number of hydrogen-bond acceptors (Lipinski definition) is 4. The maximum absolute atomic E-state index is 13.3. The van der Waals surface area contributed by atoms with Crippen LogP contribution in [0.2, 0.25) is 0 Å². The molecule has 5 heteroatoms. The number of fused-ring (bicyclic) bond motifs is 1. The monoisotopic (exact) mass is 347 g/mol. The Bertz CT molecular complexity index is 611. The number of rotatable bonds is 3. The lowest BCUT2D eigenvalue weighted by Gasteiger charge is -2.33. The summed E-state index contributed by atoms with van der Waals surface area (Å²) in [6.45, 7) is 8.47. The molecular formula is C20H29NO4. The molecule has 25 heavy (non-hydrogen) atoms. The van der Waals surface area contributed by atoms with E-state index in [4.69, 9.17) is 14.2 Å². The predicted octanol–water partition coefficient (Wildman–Crippen LogP) is 3.75. The molecule has 0 aliphatic carbocycles. The van der Waals surface area contributed by atoms with E-state index in [2.05, 4.69) is 25.7 Å². The molecule has 2 aliphatic rings. The molecule has 138 valence electrons. The fourth-order valence-electron chi connectivity index (χ4n) is 3.79. The SMILES string of the molecule is COc1cc(C(=O)N2CCC(C)CCC2C(C)C)cc2c1OCCO2. The van der Waals surface area contributed by atoms with Crippen molar-refractivity contribution in [3.8, 4) is 17.2 Å². The Hall–Kier alpha value is -1.91. The fourth-order valence-corrected chi connectivity index (χ4v) is 3.79. The first-order valence-corrected chi connectivity index (χ1v) is 9.29. The summed E-state index contributed by atoms with van der Waals surface area (Å²) in [5.41, 5.74) is 0.612. The van der Waals surface area contributed by atoms with Gasteiger partial charge in [-0.3, -0.25) is 4.79 Å². The van der Waals surface area contributed by atoms with E-state index < -0.39 is 0 Å². The second-order valence-electron chi connectivity index (χ2n) is 7.48. The van der Waals surface area contributed by atoms with Crippen molar-refractivity contribution in [1.29, 1.82) is 0 Å². The maximum atomic E-state index is 13.3. The van der Waals surface area contributed by atoms with E-state index in [-0.39, 0.29) is 11.9 Å². The summed E-state index contributed by atoms with van der Waals surface area (Å²) in [5, 5.41) is 0. The van der Waals surface area contributed by atoms with Gasteiger partial charge in [-0.15, -0.1) is 0 Å². The van der Waals surface area contributed by atoms with Crippen molar-refractivity contribution in [2.24, 2.45) is 11.8 Å². The van der Waals surface area contributed by atoms with Crippen LogP contribution in [0.5, 0.6) is 17.2 Å². The van der Waals surface area contributed by atoms with Crippen molar-refractivity contribution in [2.75, 3.05) is 26.9 Å². The molecule has 1 fully saturated rings. The lowest BCUT2D eigenvalue weighted by Crippen LogP contribution is -2.43. The first-order valence-electron chi connectivity index (χ1n) is 9.29. The molecule has 1 aromatic rings. The zero-order valence-corrected chi connectivity index (χ0v) is 15.7. The van der Waals surface area contributed by atoms with E-state index in [9.17, 15) is 4.79 Å². The van der Waals surface area contributed by atoms with Crippen LogP contribution >= 0.6 is 0 Å². The van der Waals surface area contributed by atoms with Gasteiger partial charge in [-0.1, -0.05) is 20.8 Å². The molecule has 2 atom stereocenters. The highest BCUT2D eigenvalue weighted by Gasteiger charge is 2.31. The third-order valence-corrected chi connectivity index (χ3v) is 5.32. The molecule has 2 heterocycles. The highest BCUT2D eigenvalue weighted by atomic mass is 16.6. The van der Waals surface area contributed by atoms with Gasteiger partial charge in [-0.25, -0.2) is 0 Å². The van der Waals surface area contributed by atoms with Crippen molar-refractivity contribution in [2.45, 2.75) is 46.1 Å². The minimum atomic E-state index is 0.0584. The second-order valence-corrected chi connectivity index (χ2v) is 7.48. The Morgan fingerprint density at radius 1 is 1.20 bits per heavy atom. The van der Waals surface area contributed by atoms with Crippen molar-refractivity contribution in [1.82, 2.24) is 4.90 Å². The fraction of sp³-hybridized carbons (Fsp3) is 0.650. The number of benzene rings is 1. The number of amides is 1. The van der Waals surface area contributed by atoms with E-state index in [1.54, 1.807) is 19.2 Å². The van der Waals surface area contributed by atoms with Crippen molar-refractivity contribution in [3.63, 3.8) is 0 Å². The summed E-state index contributed by atoms with van der Waals surface area (Å²) in [7, 11) is 1.59. The van der Waals surface area contributed by atoms with Gasteiger partial charge < -0.3 is 19.1 Å². The Morgan fingerprint density at radius 3 is 2.68 bits per heavy atom. The van der Waals surface area contributed by atoms with Crippen LogP contribution in [-0.2, 0) is 0 Å². The van der Waals surface area contributed by atoms with Crippen LogP contribution in [0.1, 0.15) is 50.4 Å². The third-order valence-electron chi connectivity index (χ3n) is 5.32. The summed E-state index contributed by atoms with van der Waals surface area (Å²) < 4.78 is 16.8. The molecule has 1 saturated heterocycles. The number of carbonyl (C=O) groups is 1. The molecule has 0 saturated carbocycles. The van der Waals surface area contributed by atoms with E-state index in [1.165, 1.54) is 6.42 Å². The largest absolute Gasteiger partial charge is 0.493 e. The van der Waals surface area contributed by atoms with Crippen LogP contribution in [0, 0.1) is 11.8 Å². The second kappa shape index (κ2) is 7.54. The topological polar surface area (TPSA) is 48.0 Å². The quantitative estimate of drug-likeness (QED) is 0.835. The zero-order valence-electron chi connectivity index (χ0n) is 15.7. The molecule has 2 aliphatic heterocycles.